The summed E-state index contributed by atoms with van der Waals surface area (Å²) in [5.74, 6) is 0.282. The van der Waals surface area contributed by atoms with Crippen LogP contribution in [0.3, 0.4) is 0 Å². The van der Waals surface area contributed by atoms with Gasteiger partial charge in [-0.25, -0.2) is 0 Å². The molecule has 0 aliphatic rings. The highest BCUT2D eigenvalue weighted by molar-refractivity contribution is 8.93. The van der Waals surface area contributed by atoms with Crippen LogP contribution in [0.15, 0.2) is 24.3 Å². The van der Waals surface area contributed by atoms with Crippen molar-refractivity contribution in [3.8, 4) is 5.75 Å². The Morgan fingerprint density at radius 2 is 1.73 bits per heavy atom. The Morgan fingerprint density at radius 1 is 1.27 bits per heavy atom. The molecule has 0 heterocycles. The molecule has 62 valence electrons. The van der Waals surface area contributed by atoms with Crippen molar-refractivity contribution in [2.45, 2.75) is 13.0 Å². The fraction of sp³-hybridized carbons (Fsp3) is 0.250. The van der Waals surface area contributed by atoms with Crippen LogP contribution in [0.2, 0.25) is 0 Å². The lowest BCUT2D eigenvalue weighted by Crippen LogP contribution is -2.03. The molecule has 0 amide bonds. The second-order valence-corrected chi connectivity index (χ2v) is 2.38. The van der Waals surface area contributed by atoms with E-state index in [2.05, 4.69) is 0 Å². The van der Waals surface area contributed by atoms with Gasteiger partial charge in [0.15, 0.2) is 0 Å². The van der Waals surface area contributed by atoms with Crippen LogP contribution in [0.1, 0.15) is 18.5 Å². The summed E-state index contributed by atoms with van der Waals surface area (Å²) in [5, 5.41) is 8.90. The minimum absolute atomic E-state index is 0. The van der Waals surface area contributed by atoms with E-state index in [1.54, 1.807) is 12.1 Å². The van der Waals surface area contributed by atoms with Gasteiger partial charge in [-0.05, 0) is 24.6 Å². The van der Waals surface area contributed by atoms with Crippen LogP contribution in [-0.2, 0) is 0 Å². The van der Waals surface area contributed by atoms with Crippen molar-refractivity contribution in [2.75, 3.05) is 0 Å². The van der Waals surface area contributed by atoms with Gasteiger partial charge < -0.3 is 10.8 Å². The first-order chi connectivity index (χ1) is 4.70. The number of phenolic OH excluding ortho intramolecular Hbond substituents is 1. The molecule has 3 heteroatoms. The lowest BCUT2D eigenvalue weighted by Gasteiger charge is -2.03. The highest BCUT2D eigenvalue weighted by Gasteiger charge is 1.96. The van der Waals surface area contributed by atoms with Crippen LogP contribution in [0.25, 0.3) is 0 Å². The Balaban J connectivity index is 0.000001000. The maximum absolute atomic E-state index is 8.90. The fourth-order valence-corrected chi connectivity index (χ4v) is 0.778. The van der Waals surface area contributed by atoms with Crippen LogP contribution >= 0.6 is 17.0 Å². The standard InChI is InChI=1S/C8H11NO.BrH/c1-6(9)7-2-4-8(10)5-3-7;/h2-6,10H,9H2,1H3;1H. The molecule has 0 aliphatic heterocycles. The molecule has 0 fully saturated rings. The minimum Gasteiger partial charge on any atom is -0.508 e. The lowest BCUT2D eigenvalue weighted by atomic mass is 10.1. The summed E-state index contributed by atoms with van der Waals surface area (Å²) in [5.41, 5.74) is 6.62. The molecule has 2 nitrogen and oxygen atoms in total. The van der Waals surface area contributed by atoms with E-state index >= 15 is 0 Å². The predicted molar refractivity (Wildman–Crippen MR) is 51.0 cm³/mol. The van der Waals surface area contributed by atoms with Crippen molar-refractivity contribution < 1.29 is 5.11 Å². The third-order valence-corrected chi connectivity index (χ3v) is 1.42. The molecule has 0 aliphatic carbocycles. The first-order valence-electron chi connectivity index (χ1n) is 3.24. The number of phenols is 1. The van der Waals surface area contributed by atoms with Gasteiger partial charge in [0.25, 0.3) is 0 Å². The summed E-state index contributed by atoms with van der Waals surface area (Å²) < 4.78 is 0. The second kappa shape index (κ2) is 4.36. The molecule has 11 heavy (non-hydrogen) atoms. The zero-order valence-corrected chi connectivity index (χ0v) is 8.03. The number of halogens is 1. The third-order valence-electron chi connectivity index (χ3n) is 1.42. The number of nitrogens with two attached hydrogens (primary N) is 1. The zero-order chi connectivity index (χ0) is 7.56. The number of hydrogen-bond donors (Lipinski definition) is 2. The molecule has 0 saturated carbocycles. The number of hydrogen-bond acceptors (Lipinski definition) is 2. The number of aromatic hydroxyl groups is 1. The Bertz CT molecular complexity index is 208. The topological polar surface area (TPSA) is 46.2 Å². The molecule has 1 aromatic carbocycles. The van der Waals surface area contributed by atoms with Crippen LogP contribution in [0.5, 0.6) is 5.75 Å². The summed E-state index contributed by atoms with van der Waals surface area (Å²) in [4.78, 5) is 0. The van der Waals surface area contributed by atoms with E-state index in [4.69, 9.17) is 10.8 Å². The van der Waals surface area contributed by atoms with Gasteiger partial charge in [0, 0.05) is 6.04 Å². The molecular weight excluding hydrogens is 206 g/mol. The van der Waals surface area contributed by atoms with Gasteiger partial charge in [0.2, 0.25) is 0 Å². The Morgan fingerprint density at radius 3 is 2.09 bits per heavy atom. The lowest BCUT2D eigenvalue weighted by molar-refractivity contribution is 0.475. The number of rotatable bonds is 1. The molecular formula is C8H12BrNO. The molecule has 0 radical (unpaired) electrons. The Kier molecular flexibility index (Phi) is 4.15. The summed E-state index contributed by atoms with van der Waals surface area (Å²) >= 11 is 0. The van der Waals surface area contributed by atoms with Gasteiger partial charge in [-0.1, -0.05) is 12.1 Å². The van der Waals surface area contributed by atoms with Crippen molar-refractivity contribution >= 4 is 17.0 Å². The third kappa shape index (κ3) is 2.91. The molecule has 0 aromatic heterocycles. The normalized spacial score (nSPS) is 11.8. The number of benzene rings is 1. The molecule has 1 aromatic rings. The molecule has 1 rings (SSSR count). The first kappa shape index (κ1) is 10.5. The summed E-state index contributed by atoms with van der Waals surface area (Å²) in [6, 6.07) is 6.96. The van der Waals surface area contributed by atoms with E-state index in [0.29, 0.717) is 0 Å². The van der Waals surface area contributed by atoms with Crippen molar-refractivity contribution in [3.05, 3.63) is 29.8 Å². The predicted octanol–water partition coefficient (Wildman–Crippen LogP) is 1.99. The van der Waals surface area contributed by atoms with E-state index in [1.165, 1.54) is 0 Å². The van der Waals surface area contributed by atoms with Gasteiger partial charge in [0.1, 0.15) is 5.75 Å². The van der Waals surface area contributed by atoms with Gasteiger partial charge in [-0.15, -0.1) is 17.0 Å². The molecule has 0 bridgehead atoms. The second-order valence-electron chi connectivity index (χ2n) is 2.38. The Labute approximate surface area is 76.8 Å². The monoisotopic (exact) mass is 217 g/mol. The van der Waals surface area contributed by atoms with Crippen molar-refractivity contribution in [1.82, 2.24) is 0 Å². The van der Waals surface area contributed by atoms with Crippen molar-refractivity contribution in [2.24, 2.45) is 5.73 Å². The maximum atomic E-state index is 8.90. The summed E-state index contributed by atoms with van der Waals surface area (Å²) in [6.45, 7) is 1.91. The van der Waals surface area contributed by atoms with Crippen molar-refractivity contribution in [1.29, 1.82) is 0 Å². The van der Waals surface area contributed by atoms with Crippen molar-refractivity contribution in [3.63, 3.8) is 0 Å². The Hall–Kier alpha value is -0.540. The van der Waals surface area contributed by atoms with E-state index < -0.39 is 0 Å². The van der Waals surface area contributed by atoms with Gasteiger partial charge >= 0.3 is 0 Å². The molecule has 3 N–H and O–H groups in total. The smallest absolute Gasteiger partial charge is 0.115 e. The zero-order valence-electron chi connectivity index (χ0n) is 6.32. The van der Waals surface area contributed by atoms with E-state index in [0.717, 1.165) is 5.56 Å². The van der Waals surface area contributed by atoms with Gasteiger partial charge in [0.05, 0.1) is 0 Å². The highest BCUT2D eigenvalue weighted by atomic mass is 79.9. The minimum atomic E-state index is 0. The van der Waals surface area contributed by atoms with E-state index in [-0.39, 0.29) is 28.8 Å². The summed E-state index contributed by atoms with van der Waals surface area (Å²) in [7, 11) is 0. The van der Waals surface area contributed by atoms with Crippen LogP contribution in [0.4, 0.5) is 0 Å². The summed E-state index contributed by atoms with van der Waals surface area (Å²) in [6.07, 6.45) is 0. The van der Waals surface area contributed by atoms with Gasteiger partial charge in [-0.2, -0.15) is 0 Å². The average Bonchev–Trinajstić information content (AvgIpc) is 1.88. The van der Waals surface area contributed by atoms with E-state index in [9.17, 15) is 0 Å². The van der Waals surface area contributed by atoms with Crippen LogP contribution in [-0.4, -0.2) is 5.11 Å². The largest absolute Gasteiger partial charge is 0.508 e. The SMILES string of the molecule is Br.CC(N)c1ccc(O)cc1. The van der Waals surface area contributed by atoms with Gasteiger partial charge in [-0.3, -0.25) is 0 Å². The molecule has 0 spiro atoms. The van der Waals surface area contributed by atoms with E-state index in [1.807, 2.05) is 19.1 Å². The molecule has 1 atom stereocenters. The van der Waals surface area contributed by atoms with Crippen LogP contribution < -0.4 is 5.73 Å². The first-order valence-corrected chi connectivity index (χ1v) is 3.24. The van der Waals surface area contributed by atoms with Crippen LogP contribution in [0, 0.1) is 0 Å². The average molecular weight is 218 g/mol. The maximum Gasteiger partial charge on any atom is 0.115 e. The molecule has 1 unspecified atom stereocenters. The molecule has 0 saturated heterocycles. The fourth-order valence-electron chi connectivity index (χ4n) is 0.778. The quantitative estimate of drug-likeness (QED) is 0.757. The highest BCUT2D eigenvalue weighted by Crippen LogP contribution is 2.13.